The number of hydrogen-bond acceptors (Lipinski definition) is 2. The van der Waals surface area contributed by atoms with E-state index in [2.05, 4.69) is 5.32 Å². The second-order valence-electron chi connectivity index (χ2n) is 5.08. The predicted octanol–water partition coefficient (Wildman–Crippen LogP) is 3.41. The molecule has 0 spiro atoms. The average Bonchev–Trinajstić information content (AvgIpc) is 2.65. The topological polar surface area (TPSA) is 32.3 Å². The van der Waals surface area contributed by atoms with Crippen LogP contribution in [0.5, 0.6) is 0 Å². The van der Waals surface area contributed by atoms with E-state index in [1.165, 1.54) is 0 Å². The Hall–Kier alpha value is -1.14. The zero-order valence-corrected chi connectivity index (χ0v) is 10.9. The maximum Gasteiger partial charge on any atom is 0.416 e. The maximum atomic E-state index is 13.1. The summed E-state index contributed by atoms with van der Waals surface area (Å²) in [5.74, 6) is -0.956. The molecule has 1 saturated heterocycles. The number of aliphatic hydroxyl groups excluding tert-OH is 1. The van der Waals surface area contributed by atoms with E-state index in [1.54, 1.807) is 0 Å². The fourth-order valence-corrected chi connectivity index (χ4v) is 2.57. The third-order valence-corrected chi connectivity index (χ3v) is 3.62. The molecule has 0 radical (unpaired) electrons. The Morgan fingerprint density at radius 1 is 1.20 bits per heavy atom. The quantitative estimate of drug-likeness (QED) is 0.818. The Morgan fingerprint density at radius 3 is 2.65 bits per heavy atom. The molecule has 1 fully saturated rings. The smallest absolute Gasteiger partial charge is 0.387 e. The highest BCUT2D eigenvalue weighted by Gasteiger charge is 2.37. The zero-order chi connectivity index (χ0) is 14.8. The molecule has 2 N–H and O–H groups in total. The Kier molecular flexibility index (Phi) is 4.65. The number of aliphatic hydroxyl groups is 1. The summed E-state index contributed by atoms with van der Waals surface area (Å²) >= 11 is 0. The van der Waals surface area contributed by atoms with Crippen molar-refractivity contribution in [1.82, 2.24) is 5.32 Å². The van der Waals surface area contributed by atoms with Gasteiger partial charge in [0.2, 0.25) is 0 Å². The molecule has 20 heavy (non-hydrogen) atoms. The molecule has 1 aromatic carbocycles. The van der Waals surface area contributed by atoms with Crippen molar-refractivity contribution in [3.05, 3.63) is 35.1 Å². The highest BCUT2D eigenvalue weighted by Crippen LogP contribution is 2.36. The van der Waals surface area contributed by atoms with Crippen molar-refractivity contribution >= 4 is 0 Å². The van der Waals surface area contributed by atoms with E-state index in [9.17, 15) is 22.7 Å². The van der Waals surface area contributed by atoms with Crippen molar-refractivity contribution in [2.75, 3.05) is 6.54 Å². The molecule has 0 saturated carbocycles. The molecular formula is C14H17F4NO. The first-order valence-corrected chi connectivity index (χ1v) is 6.67. The molecule has 0 bridgehead atoms. The van der Waals surface area contributed by atoms with Crippen LogP contribution in [0.4, 0.5) is 17.6 Å². The number of hydrogen-bond donors (Lipinski definition) is 2. The fraction of sp³-hybridized carbons (Fsp3) is 0.571. The van der Waals surface area contributed by atoms with E-state index in [1.807, 2.05) is 0 Å². The summed E-state index contributed by atoms with van der Waals surface area (Å²) in [5.41, 5.74) is -1.37. The van der Waals surface area contributed by atoms with Crippen LogP contribution >= 0.6 is 0 Å². The zero-order valence-electron chi connectivity index (χ0n) is 10.9. The molecule has 112 valence electrons. The minimum Gasteiger partial charge on any atom is -0.387 e. The van der Waals surface area contributed by atoms with Gasteiger partial charge in [-0.2, -0.15) is 13.2 Å². The molecule has 1 heterocycles. The van der Waals surface area contributed by atoms with Crippen molar-refractivity contribution in [2.24, 2.45) is 0 Å². The largest absolute Gasteiger partial charge is 0.416 e. The van der Waals surface area contributed by atoms with E-state index in [-0.39, 0.29) is 5.56 Å². The van der Waals surface area contributed by atoms with Crippen LogP contribution in [0.3, 0.4) is 0 Å². The third-order valence-electron chi connectivity index (χ3n) is 3.62. The molecular weight excluding hydrogens is 274 g/mol. The van der Waals surface area contributed by atoms with Gasteiger partial charge in [-0.1, -0.05) is 18.9 Å². The summed E-state index contributed by atoms with van der Waals surface area (Å²) < 4.78 is 51.9. The number of alkyl halides is 3. The highest BCUT2D eigenvalue weighted by atomic mass is 19.4. The SMILES string of the molecule is OC(c1ccc(F)cc1C(F)(F)F)C1CCCCCN1. The van der Waals surface area contributed by atoms with E-state index in [0.717, 1.165) is 31.4 Å². The summed E-state index contributed by atoms with van der Waals surface area (Å²) in [6.45, 7) is 0.671. The van der Waals surface area contributed by atoms with Gasteiger partial charge in [0.1, 0.15) is 5.82 Å². The van der Waals surface area contributed by atoms with Crippen LogP contribution in [-0.4, -0.2) is 17.7 Å². The van der Waals surface area contributed by atoms with Crippen LogP contribution < -0.4 is 5.32 Å². The lowest BCUT2D eigenvalue weighted by Gasteiger charge is -2.25. The third kappa shape index (κ3) is 3.49. The van der Waals surface area contributed by atoms with Gasteiger partial charge in [-0.25, -0.2) is 4.39 Å². The monoisotopic (exact) mass is 291 g/mol. The lowest BCUT2D eigenvalue weighted by Crippen LogP contribution is -2.35. The summed E-state index contributed by atoms with van der Waals surface area (Å²) in [5, 5.41) is 13.3. The summed E-state index contributed by atoms with van der Waals surface area (Å²) in [6, 6.07) is 1.99. The fourth-order valence-electron chi connectivity index (χ4n) is 2.57. The molecule has 1 aromatic rings. The predicted molar refractivity (Wildman–Crippen MR) is 66.6 cm³/mol. The normalized spacial score (nSPS) is 22.4. The first kappa shape index (κ1) is 15.3. The van der Waals surface area contributed by atoms with Gasteiger partial charge in [0.25, 0.3) is 0 Å². The van der Waals surface area contributed by atoms with Crippen molar-refractivity contribution in [3.63, 3.8) is 0 Å². The molecule has 6 heteroatoms. The van der Waals surface area contributed by atoms with Gasteiger partial charge in [0.15, 0.2) is 0 Å². The number of rotatable bonds is 2. The average molecular weight is 291 g/mol. The van der Waals surface area contributed by atoms with Crippen LogP contribution in [0.25, 0.3) is 0 Å². The second-order valence-corrected chi connectivity index (χ2v) is 5.08. The Bertz CT molecular complexity index is 453. The lowest BCUT2D eigenvalue weighted by molar-refractivity contribution is -0.139. The highest BCUT2D eigenvalue weighted by molar-refractivity contribution is 5.33. The Morgan fingerprint density at radius 2 is 1.95 bits per heavy atom. The molecule has 0 aromatic heterocycles. The number of benzene rings is 1. The minimum absolute atomic E-state index is 0.265. The van der Waals surface area contributed by atoms with Gasteiger partial charge >= 0.3 is 6.18 Å². The lowest BCUT2D eigenvalue weighted by atomic mass is 9.94. The van der Waals surface area contributed by atoms with Gasteiger partial charge in [0, 0.05) is 6.04 Å². The molecule has 1 aliphatic rings. The van der Waals surface area contributed by atoms with E-state index < -0.39 is 29.7 Å². The van der Waals surface area contributed by atoms with Gasteiger partial charge in [-0.15, -0.1) is 0 Å². The molecule has 2 atom stereocenters. The van der Waals surface area contributed by atoms with Gasteiger partial charge in [0.05, 0.1) is 11.7 Å². The van der Waals surface area contributed by atoms with Crippen LogP contribution in [0.1, 0.15) is 42.9 Å². The van der Waals surface area contributed by atoms with Crippen molar-refractivity contribution < 1.29 is 22.7 Å². The second kappa shape index (κ2) is 6.10. The maximum absolute atomic E-state index is 13.1. The van der Waals surface area contributed by atoms with Crippen LogP contribution in [0, 0.1) is 5.82 Å². The van der Waals surface area contributed by atoms with E-state index in [4.69, 9.17) is 0 Å². The molecule has 0 aliphatic carbocycles. The van der Waals surface area contributed by atoms with Crippen molar-refractivity contribution in [2.45, 2.75) is 44.0 Å². The standard InChI is InChI=1S/C14H17F4NO/c15-9-5-6-10(11(8-9)14(16,17)18)13(20)12-4-2-1-3-7-19-12/h5-6,8,12-13,19-20H,1-4,7H2. The number of halogens is 4. The first-order chi connectivity index (χ1) is 9.39. The molecule has 2 nitrogen and oxygen atoms in total. The summed E-state index contributed by atoms with van der Waals surface area (Å²) in [4.78, 5) is 0. The van der Waals surface area contributed by atoms with Gasteiger partial charge in [-0.05, 0) is 37.1 Å². The summed E-state index contributed by atoms with van der Waals surface area (Å²) in [7, 11) is 0. The van der Waals surface area contributed by atoms with Gasteiger partial charge in [-0.3, -0.25) is 0 Å². The van der Waals surface area contributed by atoms with Crippen LogP contribution in [0.2, 0.25) is 0 Å². The molecule has 2 unspecified atom stereocenters. The summed E-state index contributed by atoms with van der Waals surface area (Å²) in [6.07, 6.45) is -2.56. The molecule has 0 amide bonds. The van der Waals surface area contributed by atoms with Crippen LogP contribution in [-0.2, 0) is 6.18 Å². The van der Waals surface area contributed by atoms with Crippen LogP contribution in [0.15, 0.2) is 18.2 Å². The molecule has 2 rings (SSSR count). The van der Waals surface area contributed by atoms with E-state index in [0.29, 0.717) is 19.0 Å². The van der Waals surface area contributed by atoms with Crippen molar-refractivity contribution in [3.8, 4) is 0 Å². The first-order valence-electron chi connectivity index (χ1n) is 6.67. The van der Waals surface area contributed by atoms with Crippen molar-refractivity contribution in [1.29, 1.82) is 0 Å². The number of nitrogens with one attached hydrogen (secondary N) is 1. The minimum atomic E-state index is -4.68. The molecule has 1 aliphatic heterocycles. The Balaban J connectivity index is 2.31. The van der Waals surface area contributed by atoms with E-state index >= 15 is 0 Å². The van der Waals surface area contributed by atoms with Gasteiger partial charge < -0.3 is 10.4 Å². The Labute approximate surface area is 114 Å².